The molecule has 0 spiro atoms. The Labute approximate surface area is 115 Å². The van der Waals surface area contributed by atoms with Crippen LogP contribution in [0.3, 0.4) is 0 Å². The van der Waals surface area contributed by atoms with Gasteiger partial charge in [-0.2, -0.15) is 5.10 Å². The number of hydrogen-bond donors (Lipinski definition) is 0. The Morgan fingerprint density at radius 2 is 2.05 bits per heavy atom. The zero-order valence-corrected chi connectivity index (χ0v) is 11.0. The second-order valence-corrected chi connectivity index (χ2v) is 4.56. The van der Waals surface area contributed by atoms with E-state index in [9.17, 15) is 9.90 Å². The Morgan fingerprint density at radius 1 is 1.30 bits per heavy atom. The van der Waals surface area contributed by atoms with Crippen LogP contribution in [0.1, 0.15) is 16.8 Å². The lowest BCUT2D eigenvalue weighted by Crippen LogP contribution is -2.22. The Bertz CT molecular complexity index is 663. The number of nitrogens with zero attached hydrogens (tertiary/aromatic N) is 2. The normalized spacial score (nSPS) is 13.8. The number of carbonyl (C=O) groups is 1. The van der Waals surface area contributed by atoms with E-state index in [1.165, 1.54) is 10.9 Å². The average molecular weight is 273 g/mol. The molecule has 0 fully saturated rings. The molecule has 1 aromatic carbocycles. The molecule has 2 aromatic rings. The molecule has 104 valence electrons. The number of benzene rings is 1. The minimum Gasteiger partial charge on any atom is -0.545 e. The highest BCUT2D eigenvalue weighted by Gasteiger charge is 2.15. The van der Waals surface area contributed by atoms with Gasteiger partial charge in [0, 0.05) is 30.8 Å². The average Bonchev–Trinajstić information content (AvgIpc) is 2.68. The molecule has 3 rings (SSSR count). The molecule has 1 aromatic heterocycles. The van der Waals surface area contributed by atoms with Gasteiger partial charge in [-0.25, -0.2) is 0 Å². The zero-order valence-electron chi connectivity index (χ0n) is 11.0. The maximum absolute atomic E-state index is 11.1. The third-order valence-electron chi connectivity index (χ3n) is 3.07. The molecule has 0 bridgehead atoms. The Balaban J connectivity index is 2.07. The smallest absolute Gasteiger partial charge is 0.161 e. The SMILES string of the molecule is Cn1cc(C(=O)[O-])c(-c2ccc3c(c2)OCCCO3)n1. The number of hydrogen-bond acceptors (Lipinski definition) is 5. The van der Waals surface area contributed by atoms with Gasteiger partial charge in [-0.15, -0.1) is 0 Å². The quantitative estimate of drug-likeness (QED) is 0.801. The molecule has 0 saturated carbocycles. The van der Waals surface area contributed by atoms with Gasteiger partial charge in [-0.3, -0.25) is 4.68 Å². The summed E-state index contributed by atoms with van der Waals surface area (Å²) in [6.07, 6.45) is 2.24. The van der Waals surface area contributed by atoms with E-state index in [-0.39, 0.29) is 5.56 Å². The Hall–Kier alpha value is -2.50. The lowest BCUT2D eigenvalue weighted by molar-refractivity contribution is -0.254. The van der Waals surface area contributed by atoms with Gasteiger partial charge in [0.05, 0.1) is 19.2 Å². The fourth-order valence-corrected chi connectivity index (χ4v) is 2.16. The van der Waals surface area contributed by atoms with E-state index in [2.05, 4.69) is 5.10 Å². The summed E-state index contributed by atoms with van der Waals surface area (Å²) in [5, 5.41) is 15.3. The molecule has 0 amide bonds. The highest BCUT2D eigenvalue weighted by Crippen LogP contribution is 2.34. The summed E-state index contributed by atoms with van der Waals surface area (Å²) in [7, 11) is 1.67. The van der Waals surface area contributed by atoms with Gasteiger partial charge in [0.15, 0.2) is 11.5 Å². The predicted octanol–water partition coefficient (Wildman–Crippen LogP) is 0.612. The number of carboxylic acid groups (broad SMARTS) is 1. The first kappa shape index (κ1) is 12.5. The zero-order chi connectivity index (χ0) is 14.1. The summed E-state index contributed by atoms with van der Waals surface area (Å²) in [5.74, 6) is 0.0207. The van der Waals surface area contributed by atoms with Gasteiger partial charge < -0.3 is 19.4 Å². The molecule has 0 aliphatic carbocycles. The first-order valence-electron chi connectivity index (χ1n) is 6.30. The molecular weight excluding hydrogens is 260 g/mol. The molecule has 0 saturated heterocycles. The van der Waals surface area contributed by atoms with Gasteiger partial charge in [0.1, 0.15) is 5.69 Å². The fourth-order valence-electron chi connectivity index (χ4n) is 2.16. The van der Waals surface area contributed by atoms with Crippen LogP contribution in [0, 0.1) is 0 Å². The molecule has 20 heavy (non-hydrogen) atoms. The third-order valence-corrected chi connectivity index (χ3v) is 3.07. The number of carbonyl (C=O) groups excluding carboxylic acids is 1. The van der Waals surface area contributed by atoms with Gasteiger partial charge in [0.25, 0.3) is 0 Å². The molecular formula is C14H13N2O4-. The summed E-state index contributed by atoms with van der Waals surface area (Å²) in [5.41, 5.74) is 1.08. The summed E-state index contributed by atoms with van der Waals surface area (Å²) in [4.78, 5) is 11.1. The molecule has 1 aliphatic heterocycles. The van der Waals surface area contributed by atoms with E-state index < -0.39 is 5.97 Å². The van der Waals surface area contributed by atoms with Crippen LogP contribution in [0.2, 0.25) is 0 Å². The van der Waals surface area contributed by atoms with Crippen molar-refractivity contribution in [3.8, 4) is 22.8 Å². The number of carboxylic acids is 1. The van der Waals surface area contributed by atoms with Gasteiger partial charge in [-0.05, 0) is 18.2 Å². The number of aryl methyl sites for hydroxylation is 1. The van der Waals surface area contributed by atoms with Crippen LogP contribution in [0.25, 0.3) is 11.3 Å². The second kappa shape index (κ2) is 4.88. The van der Waals surface area contributed by atoms with E-state index in [4.69, 9.17) is 9.47 Å². The summed E-state index contributed by atoms with van der Waals surface area (Å²) in [6, 6.07) is 5.28. The van der Waals surface area contributed by atoms with Crippen molar-refractivity contribution < 1.29 is 19.4 Å². The van der Waals surface area contributed by atoms with Crippen LogP contribution in [0.5, 0.6) is 11.5 Å². The van der Waals surface area contributed by atoms with Crippen LogP contribution in [0.15, 0.2) is 24.4 Å². The third kappa shape index (κ3) is 2.20. The van der Waals surface area contributed by atoms with E-state index in [1.54, 1.807) is 25.2 Å². The van der Waals surface area contributed by atoms with E-state index in [0.29, 0.717) is 36.0 Å². The largest absolute Gasteiger partial charge is 0.545 e. The number of ether oxygens (including phenoxy) is 2. The van der Waals surface area contributed by atoms with Crippen LogP contribution < -0.4 is 14.6 Å². The topological polar surface area (TPSA) is 76.4 Å². The molecule has 6 nitrogen and oxygen atoms in total. The van der Waals surface area contributed by atoms with E-state index >= 15 is 0 Å². The first-order valence-corrected chi connectivity index (χ1v) is 6.30. The van der Waals surface area contributed by atoms with Crippen molar-refractivity contribution in [2.24, 2.45) is 7.05 Å². The van der Waals surface area contributed by atoms with Crippen LogP contribution in [-0.2, 0) is 7.05 Å². The van der Waals surface area contributed by atoms with Crippen molar-refractivity contribution in [2.45, 2.75) is 6.42 Å². The summed E-state index contributed by atoms with van der Waals surface area (Å²) in [6.45, 7) is 1.19. The molecule has 6 heteroatoms. The minimum atomic E-state index is -1.25. The fraction of sp³-hybridized carbons (Fsp3) is 0.286. The highest BCUT2D eigenvalue weighted by molar-refractivity contribution is 5.93. The highest BCUT2D eigenvalue weighted by atomic mass is 16.5. The lowest BCUT2D eigenvalue weighted by Gasteiger charge is -2.09. The van der Waals surface area contributed by atoms with Gasteiger partial charge in [0.2, 0.25) is 0 Å². The summed E-state index contributed by atoms with van der Waals surface area (Å²) >= 11 is 0. The van der Waals surface area contributed by atoms with Gasteiger partial charge in [-0.1, -0.05) is 0 Å². The number of aromatic nitrogens is 2. The lowest BCUT2D eigenvalue weighted by atomic mass is 10.1. The molecule has 0 radical (unpaired) electrons. The van der Waals surface area contributed by atoms with Gasteiger partial charge >= 0.3 is 0 Å². The number of aromatic carboxylic acids is 1. The van der Waals surface area contributed by atoms with E-state index in [0.717, 1.165) is 6.42 Å². The van der Waals surface area contributed by atoms with E-state index in [1.807, 2.05) is 0 Å². The summed E-state index contributed by atoms with van der Waals surface area (Å²) < 4.78 is 12.6. The molecule has 0 atom stereocenters. The molecule has 2 heterocycles. The second-order valence-electron chi connectivity index (χ2n) is 4.56. The number of rotatable bonds is 2. The van der Waals surface area contributed by atoms with Crippen LogP contribution >= 0.6 is 0 Å². The first-order chi connectivity index (χ1) is 9.65. The van der Waals surface area contributed by atoms with Crippen molar-refractivity contribution >= 4 is 5.97 Å². The van der Waals surface area contributed by atoms with Crippen LogP contribution in [-0.4, -0.2) is 29.0 Å². The van der Waals surface area contributed by atoms with Crippen LogP contribution in [0.4, 0.5) is 0 Å². The van der Waals surface area contributed by atoms with Crippen molar-refractivity contribution in [1.29, 1.82) is 0 Å². The monoisotopic (exact) mass is 273 g/mol. The number of fused-ring (bicyclic) bond motifs is 1. The molecule has 1 aliphatic rings. The molecule has 0 unspecified atom stereocenters. The Kier molecular flexibility index (Phi) is 3.06. The Morgan fingerprint density at radius 3 is 2.80 bits per heavy atom. The van der Waals surface area contributed by atoms with Crippen molar-refractivity contribution in [3.63, 3.8) is 0 Å². The maximum Gasteiger partial charge on any atom is 0.161 e. The standard InChI is InChI=1S/C14H14N2O4/c1-16-8-10(14(17)18)13(15-16)9-3-4-11-12(7-9)20-6-2-5-19-11/h3-4,7-8H,2,5-6H2,1H3,(H,17,18)/p-1. The maximum atomic E-state index is 11.1. The molecule has 0 N–H and O–H groups in total. The van der Waals surface area contributed by atoms with Crippen molar-refractivity contribution in [1.82, 2.24) is 9.78 Å². The van der Waals surface area contributed by atoms with Crippen molar-refractivity contribution in [3.05, 3.63) is 30.0 Å². The predicted molar refractivity (Wildman–Crippen MR) is 68.6 cm³/mol. The van der Waals surface area contributed by atoms with Crippen molar-refractivity contribution in [2.75, 3.05) is 13.2 Å². The minimum absolute atomic E-state index is 0.0574.